The van der Waals surface area contributed by atoms with Crippen molar-refractivity contribution in [2.24, 2.45) is 17.8 Å². The van der Waals surface area contributed by atoms with Crippen molar-refractivity contribution < 1.29 is 14.7 Å². The van der Waals surface area contributed by atoms with Gasteiger partial charge < -0.3 is 10.0 Å². The number of carbonyl (C=O) groups is 2. The Morgan fingerprint density at radius 3 is 2.38 bits per heavy atom. The molecular weight excluding hydrogens is 266 g/mol. The summed E-state index contributed by atoms with van der Waals surface area (Å²) in [6, 6.07) is 9.77. The van der Waals surface area contributed by atoms with E-state index in [1.165, 1.54) is 0 Å². The molecule has 21 heavy (non-hydrogen) atoms. The highest BCUT2D eigenvalue weighted by molar-refractivity contribution is 5.85. The average Bonchev–Trinajstić information content (AvgIpc) is 2.92. The van der Waals surface area contributed by atoms with E-state index in [9.17, 15) is 14.7 Å². The largest absolute Gasteiger partial charge is 0.481 e. The molecule has 0 saturated heterocycles. The Hall–Kier alpha value is -1.84. The predicted molar refractivity (Wildman–Crippen MR) is 80.5 cm³/mol. The van der Waals surface area contributed by atoms with Crippen molar-refractivity contribution in [3.05, 3.63) is 35.9 Å². The molecule has 0 aliphatic heterocycles. The van der Waals surface area contributed by atoms with Gasteiger partial charge in [0.1, 0.15) is 0 Å². The molecule has 0 spiro atoms. The van der Waals surface area contributed by atoms with Gasteiger partial charge in [0.05, 0.1) is 11.8 Å². The van der Waals surface area contributed by atoms with E-state index >= 15 is 0 Å². The molecule has 1 amide bonds. The van der Waals surface area contributed by atoms with Crippen molar-refractivity contribution in [3.8, 4) is 0 Å². The summed E-state index contributed by atoms with van der Waals surface area (Å²) < 4.78 is 0. The Bertz CT molecular complexity index is 500. The van der Waals surface area contributed by atoms with Gasteiger partial charge in [0.15, 0.2) is 0 Å². The summed E-state index contributed by atoms with van der Waals surface area (Å²) in [5.74, 6) is -1.42. The van der Waals surface area contributed by atoms with Gasteiger partial charge in [-0.25, -0.2) is 0 Å². The number of benzene rings is 1. The summed E-state index contributed by atoms with van der Waals surface area (Å²) in [5, 5.41) is 9.35. The van der Waals surface area contributed by atoms with E-state index in [2.05, 4.69) is 6.92 Å². The Balaban J connectivity index is 2.05. The van der Waals surface area contributed by atoms with Gasteiger partial charge in [0.25, 0.3) is 0 Å². The van der Waals surface area contributed by atoms with Gasteiger partial charge in [-0.2, -0.15) is 0 Å². The Labute approximate surface area is 125 Å². The lowest BCUT2D eigenvalue weighted by atomic mass is 9.94. The van der Waals surface area contributed by atoms with E-state index < -0.39 is 11.9 Å². The van der Waals surface area contributed by atoms with Crippen LogP contribution in [0.5, 0.6) is 0 Å². The number of rotatable bonds is 5. The summed E-state index contributed by atoms with van der Waals surface area (Å²) in [4.78, 5) is 25.6. The minimum Gasteiger partial charge on any atom is -0.481 e. The first kappa shape index (κ1) is 15.5. The third-order valence-corrected chi connectivity index (χ3v) is 4.51. The van der Waals surface area contributed by atoms with Gasteiger partial charge in [0.2, 0.25) is 5.91 Å². The van der Waals surface area contributed by atoms with E-state index in [1.54, 1.807) is 11.9 Å². The highest BCUT2D eigenvalue weighted by atomic mass is 16.4. The van der Waals surface area contributed by atoms with Crippen molar-refractivity contribution >= 4 is 11.9 Å². The number of carbonyl (C=O) groups excluding carboxylic acids is 1. The molecule has 1 aromatic carbocycles. The molecular formula is C17H23NO3. The Kier molecular flexibility index (Phi) is 4.99. The maximum absolute atomic E-state index is 12.6. The predicted octanol–water partition coefficient (Wildman–Crippen LogP) is 2.78. The molecule has 0 radical (unpaired) electrons. The van der Waals surface area contributed by atoms with Gasteiger partial charge in [-0.3, -0.25) is 9.59 Å². The molecule has 0 bridgehead atoms. The highest BCUT2D eigenvalue weighted by Crippen LogP contribution is 2.39. The summed E-state index contributed by atoms with van der Waals surface area (Å²) >= 11 is 0. The first-order valence-electron chi connectivity index (χ1n) is 7.54. The number of carboxylic acid groups (broad SMARTS) is 1. The molecule has 1 fully saturated rings. The molecule has 3 atom stereocenters. The number of hydrogen-bond acceptors (Lipinski definition) is 2. The summed E-state index contributed by atoms with van der Waals surface area (Å²) in [6.07, 6.45) is 2.27. The molecule has 1 aromatic rings. The number of amides is 1. The SMILES string of the molecule is CCC1CC(C(=O)O)C(C(=O)N(C)Cc2ccccc2)C1. The third kappa shape index (κ3) is 3.63. The first-order chi connectivity index (χ1) is 10.0. The molecule has 2 rings (SSSR count). The van der Waals surface area contributed by atoms with Crippen LogP contribution in [0.3, 0.4) is 0 Å². The molecule has 4 nitrogen and oxygen atoms in total. The van der Waals surface area contributed by atoms with Crippen LogP contribution in [0, 0.1) is 17.8 Å². The normalized spacial score (nSPS) is 24.8. The van der Waals surface area contributed by atoms with Gasteiger partial charge in [-0.15, -0.1) is 0 Å². The lowest BCUT2D eigenvalue weighted by Gasteiger charge is -2.23. The minimum atomic E-state index is -0.836. The second kappa shape index (κ2) is 6.74. The van der Waals surface area contributed by atoms with E-state index in [-0.39, 0.29) is 11.8 Å². The fourth-order valence-electron chi connectivity index (χ4n) is 3.24. The molecule has 114 valence electrons. The molecule has 1 aliphatic rings. The monoisotopic (exact) mass is 289 g/mol. The van der Waals surface area contributed by atoms with Crippen LogP contribution in [0.1, 0.15) is 31.7 Å². The van der Waals surface area contributed by atoms with E-state index in [4.69, 9.17) is 0 Å². The second-order valence-corrected chi connectivity index (χ2v) is 5.98. The zero-order valence-electron chi connectivity index (χ0n) is 12.7. The molecule has 0 heterocycles. The van der Waals surface area contributed by atoms with Crippen LogP contribution in [0.25, 0.3) is 0 Å². The average molecular weight is 289 g/mol. The fourth-order valence-corrected chi connectivity index (χ4v) is 3.24. The van der Waals surface area contributed by atoms with Gasteiger partial charge >= 0.3 is 5.97 Å². The van der Waals surface area contributed by atoms with Gasteiger partial charge in [-0.05, 0) is 24.3 Å². The van der Waals surface area contributed by atoms with Crippen LogP contribution in [0.15, 0.2) is 30.3 Å². The number of nitrogens with zero attached hydrogens (tertiary/aromatic N) is 1. The molecule has 1 N–H and O–H groups in total. The van der Waals surface area contributed by atoms with Crippen LogP contribution in [-0.2, 0) is 16.1 Å². The minimum absolute atomic E-state index is 0.0396. The quantitative estimate of drug-likeness (QED) is 0.906. The Morgan fingerprint density at radius 2 is 1.81 bits per heavy atom. The maximum atomic E-state index is 12.6. The maximum Gasteiger partial charge on any atom is 0.307 e. The van der Waals surface area contributed by atoms with Gasteiger partial charge in [0, 0.05) is 13.6 Å². The number of carboxylic acids is 1. The molecule has 4 heteroatoms. The third-order valence-electron chi connectivity index (χ3n) is 4.51. The summed E-state index contributed by atoms with van der Waals surface area (Å²) in [7, 11) is 1.76. The molecule has 1 saturated carbocycles. The van der Waals surface area contributed by atoms with Crippen molar-refractivity contribution in [2.75, 3.05) is 7.05 Å². The van der Waals surface area contributed by atoms with Crippen LogP contribution in [0.2, 0.25) is 0 Å². The molecule has 3 unspecified atom stereocenters. The lowest BCUT2D eigenvalue weighted by Crippen LogP contribution is -2.36. The number of aliphatic carboxylic acids is 1. The van der Waals surface area contributed by atoms with Crippen LogP contribution < -0.4 is 0 Å². The molecule has 0 aromatic heterocycles. The first-order valence-corrected chi connectivity index (χ1v) is 7.54. The lowest BCUT2D eigenvalue weighted by molar-refractivity contribution is -0.148. The van der Waals surface area contributed by atoms with Crippen LogP contribution in [-0.4, -0.2) is 28.9 Å². The van der Waals surface area contributed by atoms with E-state index in [0.29, 0.717) is 25.3 Å². The summed E-state index contributed by atoms with van der Waals surface area (Å²) in [5.41, 5.74) is 1.06. The van der Waals surface area contributed by atoms with E-state index in [1.807, 2.05) is 30.3 Å². The highest BCUT2D eigenvalue weighted by Gasteiger charge is 2.43. The molecule has 1 aliphatic carbocycles. The number of hydrogen-bond donors (Lipinski definition) is 1. The zero-order chi connectivity index (χ0) is 15.4. The standard InChI is InChI=1S/C17H23NO3/c1-3-12-9-14(15(10-12)17(20)21)16(19)18(2)11-13-7-5-4-6-8-13/h4-8,12,14-15H,3,9-11H2,1-2H3,(H,20,21). The Morgan fingerprint density at radius 1 is 1.19 bits per heavy atom. The van der Waals surface area contributed by atoms with Gasteiger partial charge in [-0.1, -0.05) is 43.7 Å². The van der Waals surface area contributed by atoms with Crippen LogP contribution >= 0.6 is 0 Å². The van der Waals surface area contributed by atoms with Crippen molar-refractivity contribution in [1.82, 2.24) is 4.90 Å². The summed E-state index contributed by atoms with van der Waals surface area (Å²) in [6.45, 7) is 2.59. The van der Waals surface area contributed by atoms with Crippen molar-refractivity contribution in [1.29, 1.82) is 0 Å². The second-order valence-electron chi connectivity index (χ2n) is 5.98. The fraction of sp³-hybridized carbons (Fsp3) is 0.529. The van der Waals surface area contributed by atoms with Crippen molar-refractivity contribution in [2.45, 2.75) is 32.7 Å². The topological polar surface area (TPSA) is 57.6 Å². The van der Waals surface area contributed by atoms with Crippen LogP contribution in [0.4, 0.5) is 0 Å². The zero-order valence-corrected chi connectivity index (χ0v) is 12.7. The van der Waals surface area contributed by atoms with E-state index in [0.717, 1.165) is 12.0 Å². The smallest absolute Gasteiger partial charge is 0.307 e. The van der Waals surface area contributed by atoms with Crippen molar-refractivity contribution in [3.63, 3.8) is 0 Å².